The lowest BCUT2D eigenvalue weighted by Gasteiger charge is -2.36. The summed E-state index contributed by atoms with van der Waals surface area (Å²) in [5, 5.41) is 12.6. The molecule has 0 unspecified atom stereocenters. The van der Waals surface area contributed by atoms with Crippen molar-refractivity contribution in [2.24, 2.45) is 5.92 Å². The maximum Gasteiger partial charge on any atom is 0.309 e. The van der Waals surface area contributed by atoms with Gasteiger partial charge in [-0.1, -0.05) is 0 Å². The Morgan fingerprint density at radius 1 is 1.31 bits per heavy atom. The van der Waals surface area contributed by atoms with Gasteiger partial charge in [-0.2, -0.15) is 0 Å². The Labute approximate surface area is 149 Å². The first-order valence-electron chi connectivity index (χ1n) is 8.51. The first-order chi connectivity index (χ1) is 12.4. The molecule has 2 aromatic rings. The first-order valence-corrected chi connectivity index (χ1v) is 8.51. The highest BCUT2D eigenvalue weighted by Gasteiger charge is 2.33. The summed E-state index contributed by atoms with van der Waals surface area (Å²) in [6.07, 6.45) is 0.682. The molecule has 2 heterocycles. The standard InChI is InChI=1S/C18H21F2N3O3/c1-21-15-4-5-22(10-13(15)18(25)26)6-7-23-16-9-11(19)8-14(20)12(16)2-3-17(23)24/h2-3,8-9,13,15,21H,4-7,10H2,1H3,(H,25,26)/t13-,15+/m0/s1. The number of nitrogens with zero attached hydrogens (tertiary/aromatic N) is 2. The molecule has 2 atom stereocenters. The number of carboxylic acid groups (broad SMARTS) is 1. The molecule has 0 bridgehead atoms. The minimum absolute atomic E-state index is 0.0905. The monoisotopic (exact) mass is 365 g/mol. The fourth-order valence-electron chi connectivity index (χ4n) is 3.61. The summed E-state index contributed by atoms with van der Waals surface area (Å²) in [4.78, 5) is 25.6. The Balaban J connectivity index is 1.81. The highest BCUT2D eigenvalue weighted by molar-refractivity contribution is 5.79. The Bertz CT molecular complexity index is 884. The van der Waals surface area contributed by atoms with Gasteiger partial charge in [0, 0.05) is 43.2 Å². The number of hydrogen-bond donors (Lipinski definition) is 2. The van der Waals surface area contributed by atoms with Crippen LogP contribution in [0, 0.1) is 17.6 Å². The van der Waals surface area contributed by atoms with Crippen LogP contribution in [0.4, 0.5) is 8.78 Å². The van der Waals surface area contributed by atoms with E-state index in [-0.39, 0.29) is 29.0 Å². The lowest BCUT2D eigenvalue weighted by molar-refractivity contribution is -0.144. The second-order valence-electron chi connectivity index (χ2n) is 6.57. The SMILES string of the molecule is CN[C@@H]1CCN(CCn2c(=O)ccc3c(F)cc(F)cc32)C[C@@H]1C(=O)O. The molecule has 0 saturated carbocycles. The van der Waals surface area contributed by atoms with Crippen molar-refractivity contribution in [3.8, 4) is 0 Å². The van der Waals surface area contributed by atoms with Crippen LogP contribution in [0.5, 0.6) is 0 Å². The van der Waals surface area contributed by atoms with E-state index in [1.165, 1.54) is 16.7 Å². The van der Waals surface area contributed by atoms with Crippen LogP contribution in [0.2, 0.25) is 0 Å². The number of likely N-dealkylation sites (tertiary alicyclic amines) is 1. The quantitative estimate of drug-likeness (QED) is 0.835. The van der Waals surface area contributed by atoms with Crippen molar-refractivity contribution in [3.05, 3.63) is 46.3 Å². The van der Waals surface area contributed by atoms with Crippen molar-refractivity contribution >= 4 is 16.9 Å². The molecule has 1 saturated heterocycles. The topological polar surface area (TPSA) is 74.6 Å². The summed E-state index contributed by atoms with van der Waals surface area (Å²) < 4.78 is 28.9. The molecule has 1 aliphatic rings. The maximum absolute atomic E-state index is 13.9. The molecule has 3 rings (SSSR count). The number of fused-ring (bicyclic) bond motifs is 1. The molecule has 26 heavy (non-hydrogen) atoms. The second-order valence-corrected chi connectivity index (χ2v) is 6.57. The van der Waals surface area contributed by atoms with Crippen LogP contribution < -0.4 is 10.9 Å². The van der Waals surface area contributed by atoms with E-state index in [0.717, 1.165) is 12.1 Å². The number of hydrogen-bond acceptors (Lipinski definition) is 4. The number of carboxylic acids is 1. The average Bonchev–Trinajstić information content (AvgIpc) is 2.60. The highest BCUT2D eigenvalue weighted by Crippen LogP contribution is 2.20. The third kappa shape index (κ3) is 3.61. The van der Waals surface area contributed by atoms with Crippen molar-refractivity contribution in [1.82, 2.24) is 14.8 Å². The number of piperidine rings is 1. The van der Waals surface area contributed by atoms with E-state index in [1.807, 2.05) is 4.90 Å². The molecule has 0 amide bonds. The first kappa shape index (κ1) is 18.5. The molecule has 0 radical (unpaired) electrons. The zero-order valence-corrected chi connectivity index (χ0v) is 14.4. The molecule has 0 aliphatic carbocycles. The zero-order valence-electron chi connectivity index (χ0n) is 14.4. The van der Waals surface area contributed by atoms with E-state index in [4.69, 9.17) is 0 Å². The van der Waals surface area contributed by atoms with Crippen molar-refractivity contribution in [2.45, 2.75) is 19.0 Å². The molecular weight excluding hydrogens is 344 g/mol. The number of nitrogens with one attached hydrogen (secondary N) is 1. The van der Waals surface area contributed by atoms with Crippen LogP contribution in [0.15, 0.2) is 29.1 Å². The van der Waals surface area contributed by atoms with Gasteiger partial charge < -0.3 is 19.9 Å². The third-order valence-electron chi connectivity index (χ3n) is 5.05. The summed E-state index contributed by atoms with van der Waals surface area (Å²) in [5.41, 5.74) is -0.141. The molecule has 0 spiro atoms. The summed E-state index contributed by atoms with van der Waals surface area (Å²) in [7, 11) is 1.75. The van der Waals surface area contributed by atoms with E-state index >= 15 is 0 Å². The van der Waals surface area contributed by atoms with E-state index in [1.54, 1.807) is 7.05 Å². The lowest BCUT2D eigenvalue weighted by Crippen LogP contribution is -2.52. The predicted molar refractivity (Wildman–Crippen MR) is 93.2 cm³/mol. The molecule has 1 fully saturated rings. The predicted octanol–water partition coefficient (Wildman–Crippen LogP) is 1.27. The molecule has 1 aromatic heterocycles. The Hall–Kier alpha value is -2.32. The van der Waals surface area contributed by atoms with Crippen molar-refractivity contribution < 1.29 is 18.7 Å². The van der Waals surface area contributed by atoms with E-state index in [9.17, 15) is 23.5 Å². The Morgan fingerprint density at radius 2 is 2.08 bits per heavy atom. The summed E-state index contributed by atoms with van der Waals surface area (Å²) in [5.74, 6) is -2.85. The van der Waals surface area contributed by atoms with E-state index in [2.05, 4.69) is 5.32 Å². The van der Waals surface area contributed by atoms with Gasteiger partial charge in [0.25, 0.3) is 5.56 Å². The summed E-state index contributed by atoms with van der Waals surface area (Å²) in [6.45, 7) is 1.72. The van der Waals surface area contributed by atoms with Gasteiger partial charge in [0.1, 0.15) is 11.6 Å². The number of carbonyl (C=O) groups is 1. The molecular formula is C18H21F2N3O3. The highest BCUT2D eigenvalue weighted by atomic mass is 19.1. The van der Waals surface area contributed by atoms with E-state index in [0.29, 0.717) is 26.1 Å². The second kappa shape index (κ2) is 7.51. The van der Waals surface area contributed by atoms with Gasteiger partial charge >= 0.3 is 5.97 Å². The van der Waals surface area contributed by atoms with Crippen LogP contribution in [-0.2, 0) is 11.3 Å². The van der Waals surface area contributed by atoms with Gasteiger partial charge in [-0.25, -0.2) is 8.78 Å². The van der Waals surface area contributed by atoms with Crippen LogP contribution in [0.25, 0.3) is 10.9 Å². The normalized spacial score (nSPS) is 21.2. The number of benzene rings is 1. The van der Waals surface area contributed by atoms with Gasteiger partial charge in [0.05, 0.1) is 11.4 Å². The van der Waals surface area contributed by atoms with Crippen molar-refractivity contribution in [1.29, 1.82) is 0 Å². The maximum atomic E-state index is 13.9. The van der Waals surface area contributed by atoms with Gasteiger partial charge in [0.15, 0.2) is 0 Å². The summed E-state index contributed by atoms with van der Waals surface area (Å²) in [6, 6.07) is 4.45. The van der Waals surface area contributed by atoms with Crippen LogP contribution in [-0.4, -0.2) is 53.3 Å². The molecule has 6 nitrogen and oxygen atoms in total. The number of halogens is 2. The fraction of sp³-hybridized carbons (Fsp3) is 0.444. The molecule has 140 valence electrons. The molecule has 1 aliphatic heterocycles. The fourth-order valence-corrected chi connectivity index (χ4v) is 3.61. The van der Waals surface area contributed by atoms with Crippen LogP contribution >= 0.6 is 0 Å². The van der Waals surface area contributed by atoms with Gasteiger partial charge in [-0.15, -0.1) is 0 Å². The molecule has 1 aromatic carbocycles. The molecule has 2 N–H and O–H groups in total. The van der Waals surface area contributed by atoms with E-state index < -0.39 is 23.5 Å². The third-order valence-corrected chi connectivity index (χ3v) is 5.05. The largest absolute Gasteiger partial charge is 0.481 e. The minimum Gasteiger partial charge on any atom is -0.481 e. The average molecular weight is 365 g/mol. The van der Waals surface area contributed by atoms with Crippen LogP contribution in [0.3, 0.4) is 0 Å². The van der Waals surface area contributed by atoms with Crippen LogP contribution in [0.1, 0.15) is 6.42 Å². The lowest BCUT2D eigenvalue weighted by atomic mass is 9.92. The Kier molecular flexibility index (Phi) is 5.33. The molecule has 8 heteroatoms. The number of aliphatic carboxylic acids is 1. The van der Waals surface area contributed by atoms with Gasteiger partial charge in [-0.3, -0.25) is 9.59 Å². The minimum atomic E-state index is -0.861. The zero-order chi connectivity index (χ0) is 18.8. The summed E-state index contributed by atoms with van der Waals surface area (Å²) >= 11 is 0. The number of aromatic nitrogens is 1. The van der Waals surface area contributed by atoms with Crippen molar-refractivity contribution in [2.75, 3.05) is 26.7 Å². The van der Waals surface area contributed by atoms with Gasteiger partial charge in [-0.05, 0) is 32.1 Å². The van der Waals surface area contributed by atoms with Gasteiger partial charge in [0.2, 0.25) is 0 Å². The number of rotatable bonds is 5. The van der Waals surface area contributed by atoms with Crippen molar-refractivity contribution in [3.63, 3.8) is 0 Å². The smallest absolute Gasteiger partial charge is 0.309 e. The Morgan fingerprint density at radius 3 is 2.77 bits per heavy atom. The number of pyridine rings is 1.